The normalized spacial score (nSPS) is 10.6. The van der Waals surface area contributed by atoms with Crippen molar-refractivity contribution in [2.75, 3.05) is 0 Å². The lowest BCUT2D eigenvalue weighted by Crippen LogP contribution is -2.05. The number of aryl methyl sites for hydroxylation is 2. The first-order valence-corrected chi connectivity index (χ1v) is 6.75. The minimum absolute atomic E-state index is 0.170. The Kier molecular flexibility index (Phi) is 3.69. The zero-order valence-electron chi connectivity index (χ0n) is 12.3. The number of rotatable bonds is 4. The summed E-state index contributed by atoms with van der Waals surface area (Å²) in [4.78, 5) is 16.1. The summed E-state index contributed by atoms with van der Waals surface area (Å²) in [6.45, 7) is 2.08. The maximum atomic E-state index is 11.9. The number of hydrogen-bond donors (Lipinski definition) is 0. The third-order valence-corrected chi connectivity index (χ3v) is 3.08. The lowest BCUT2D eigenvalue weighted by molar-refractivity contribution is 0.0472. The third-order valence-electron chi connectivity index (χ3n) is 3.08. The van der Waals surface area contributed by atoms with Crippen molar-refractivity contribution >= 4 is 5.97 Å². The molecular weight excluding hydrogens is 282 g/mol. The Morgan fingerprint density at radius 2 is 2.23 bits per heavy atom. The van der Waals surface area contributed by atoms with Crippen molar-refractivity contribution in [3.63, 3.8) is 0 Å². The molecule has 0 aliphatic rings. The number of carbonyl (C=O) groups excluding carboxylic acids is 1. The molecule has 0 atom stereocenters. The Morgan fingerprint density at radius 1 is 1.36 bits per heavy atom. The lowest BCUT2D eigenvalue weighted by Gasteiger charge is -2.05. The molecule has 0 spiro atoms. The topological polar surface area (TPSA) is 74.8 Å². The van der Waals surface area contributed by atoms with E-state index in [9.17, 15) is 4.79 Å². The van der Waals surface area contributed by atoms with Gasteiger partial charge in [-0.1, -0.05) is 0 Å². The molecule has 0 saturated heterocycles. The van der Waals surface area contributed by atoms with E-state index in [4.69, 9.17) is 4.74 Å². The van der Waals surface area contributed by atoms with E-state index >= 15 is 0 Å². The molecule has 7 heteroatoms. The second-order valence-electron chi connectivity index (χ2n) is 4.90. The van der Waals surface area contributed by atoms with Gasteiger partial charge in [-0.15, -0.1) is 0 Å². The summed E-state index contributed by atoms with van der Waals surface area (Å²) in [5, 5.41) is 8.25. The molecule has 0 bridgehead atoms. The molecule has 0 aliphatic carbocycles. The molecule has 22 heavy (non-hydrogen) atoms. The summed E-state index contributed by atoms with van der Waals surface area (Å²) in [5.74, 6) is 0.282. The number of aromatic nitrogens is 5. The van der Waals surface area contributed by atoms with Crippen molar-refractivity contribution < 1.29 is 9.53 Å². The van der Waals surface area contributed by atoms with E-state index < -0.39 is 5.97 Å². The van der Waals surface area contributed by atoms with Gasteiger partial charge in [0.2, 0.25) is 0 Å². The first kappa shape index (κ1) is 14.0. The molecule has 3 aromatic heterocycles. The highest BCUT2D eigenvalue weighted by Gasteiger charge is 2.10. The maximum Gasteiger partial charge on any atom is 0.341 e. The molecule has 0 fully saturated rings. The van der Waals surface area contributed by atoms with Crippen molar-refractivity contribution in [1.29, 1.82) is 0 Å². The number of pyridine rings is 1. The lowest BCUT2D eigenvalue weighted by atomic mass is 10.3. The highest BCUT2D eigenvalue weighted by molar-refractivity contribution is 5.88. The average Bonchev–Trinajstić information content (AvgIpc) is 3.14. The van der Waals surface area contributed by atoms with Crippen LogP contribution in [0.3, 0.4) is 0 Å². The summed E-state index contributed by atoms with van der Waals surface area (Å²) in [6, 6.07) is 5.54. The fraction of sp³-hybridized carbons (Fsp3) is 0.200. The van der Waals surface area contributed by atoms with Crippen LogP contribution in [0.15, 0.2) is 43.0 Å². The van der Waals surface area contributed by atoms with Crippen molar-refractivity contribution in [2.45, 2.75) is 13.5 Å². The molecule has 112 valence electrons. The van der Waals surface area contributed by atoms with Crippen LogP contribution in [0, 0.1) is 6.92 Å². The molecule has 7 nitrogen and oxygen atoms in total. The van der Waals surface area contributed by atoms with Gasteiger partial charge in [0, 0.05) is 25.6 Å². The highest BCUT2D eigenvalue weighted by atomic mass is 16.5. The van der Waals surface area contributed by atoms with Gasteiger partial charge in [0.15, 0.2) is 5.82 Å². The molecule has 0 amide bonds. The predicted molar refractivity (Wildman–Crippen MR) is 78.4 cm³/mol. The Hall–Kier alpha value is -2.96. The van der Waals surface area contributed by atoms with Gasteiger partial charge in [-0.25, -0.2) is 14.5 Å². The zero-order valence-corrected chi connectivity index (χ0v) is 12.3. The van der Waals surface area contributed by atoms with Crippen LogP contribution >= 0.6 is 0 Å². The standard InChI is InChI=1S/C15H15N5O2/c1-11-4-6-20(18-11)14-7-12(3-5-16-14)10-22-15(21)13-8-17-19(2)9-13/h3-9H,10H2,1-2H3. The van der Waals surface area contributed by atoms with Crippen molar-refractivity contribution in [1.82, 2.24) is 24.5 Å². The van der Waals surface area contributed by atoms with E-state index in [-0.39, 0.29) is 6.61 Å². The fourth-order valence-electron chi connectivity index (χ4n) is 1.98. The summed E-state index contributed by atoms with van der Waals surface area (Å²) in [6.07, 6.45) is 6.60. The predicted octanol–water partition coefficient (Wildman–Crippen LogP) is 1.67. The van der Waals surface area contributed by atoms with Gasteiger partial charge < -0.3 is 4.74 Å². The summed E-state index contributed by atoms with van der Waals surface area (Å²) in [7, 11) is 1.75. The van der Waals surface area contributed by atoms with Crippen LogP contribution in [0.25, 0.3) is 5.82 Å². The average molecular weight is 297 g/mol. The molecular formula is C15H15N5O2. The molecule has 3 heterocycles. The van der Waals surface area contributed by atoms with E-state index in [1.54, 1.807) is 34.9 Å². The van der Waals surface area contributed by atoms with E-state index in [2.05, 4.69) is 15.2 Å². The molecule has 0 unspecified atom stereocenters. The number of ether oxygens (including phenoxy) is 1. The number of hydrogen-bond acceptors (Lipinski definition) is 5. The van der Waals surface area contributed by atoms with Crippen LogP contribution in [0.1, 0.15) is 21.6 Å². The van der Waals surface area contributed by atoms with Crippen LogP contribution in [0.2, 0.25) is 0 Å². The summed E-state index contributed by atoms with van der Waals surface area (Å²) in [5.41, 5.74) is 2.19. The molecule has 0 aliphatic heterocycles. The van der Waals surface area contributed by atoms with Gasteiger partial charge in [0.1, 0.15) is 6.61 Å². The molecule has 3 rings (SSSR count). The van der Waals surface area contributed by atoms with Crippen LogP contribution in [-0.2, 0) is 18.4 Å². The van der Waals surface area contributed by atoms with E-state index in [0.717, 1.165) is 11.3 Å². The van der Waals surface area contributed by atoms with Gasteiger partial charge in [0.05, 0.1) is 17.5 Å². The summed E-state index contributed by atoms with van der Waals surface area (Å²) >= 11 is 0. The first-order chi connectivity index (χ1) is 10.6. The molecule has 0 N–H and O–H groups in total. The van der Waals surface area contributed by atoms with E-state index in [1.165, 1.54) is 6.20 Å². The third kappa shape index (κ3) is 3.03. The zero-order chi connectivity index (χ0) is 15.5. The van der Waals surface area contributed by atoms with E-state index in [1.807, 2.05) is 25.3 Å². The van der Waals surface area contributed by atoms with Crippen molar-refractivity contribution in [3.05, 3.63) is 59.8 Å². The Bertz CT molecular complexity index is 806. The fourth-order valence-corrected chi connectivity index (χ4v) is 1.98. The van der Waals surface area contributed by atoms with Gasteiger partial charge in [-0.3, -0.25) is 4.68 Å². The Morgan fingerprint density at radius 3 is 2.91 bits per heavy atom. The molecule has 0 radical (unpaired) electrons. The smallest absolute Gasteiger partial charge is 0.341 e. The van der Waals surface area contributed by atoms with Gasteiger partial charge >= 0.3 is 5.97 Å². The van der Waals surface area contributed by atoms with Crippen molar-refractivity contribution in [2.24, 2.45) is 7.05 Å². The minimum atomic E-state index is -0.401. The monoisotopic (exact) mass is 297 g/mol. The van der Waals surface area contributed by atoms with Crippen LogP contribution < -0.4 is 0 Å². The van der Waals surface area contributed by atoms with Crippen molar-refractivity contribution in [3.8, 4) is 5.82 Å². The minimum Gasteiger partial charge on any atom is -0.457 e. The summed E-state index contributed by atoms with van der Waals surface area (Å²) < 4.78 is 8.51. The number of esters is 1. The SMILES string of the molecule is Cc1ccn(-c2cc(COC(=O)c3cnn(C)c3)ccn2)n1. The molecule has 0 aromatic carbocycles. The second-order valence-corrected chi connectivity index (χ2v) is 4.90. The number of carbonyl (C=O) groups is 1. The van der Waals surface area contributed by atoms with E-state index in [0.29, 0.717) is 11.4 Å². The largest absolute Gasteiger partial charge is 0.457 e. The van der Waals surface area contributed by atoms with Crippen LogP contribution in [-0.4, -0.2) is 30.5 Å². The van der Waals surface area contributed by atoms with Crippen LogP contribution in [0.5, 0.6) is 0 Å². The highest BCUT2D eigenvalue weighted by Crippen LogP contribution is 2.10. The van der Waals surface area contributed by atoms with Gasteiger partial charge in [-0.05, 0) is 30.7 Å². The van der Waals surface area contributed by atoms with Gasteiger partial charge in [0.25, 0.3) is 0 Å². The number of nitrogens with zero attached hydrogens (tertiary/aromatic N) is 5. The quantitative estimate of drug-likeness (QED) is 0.685. The van der Waals surface area contributed by atoms with Gasteiger partial charge in [-0.2, -0.15) is 10.2 Å². The maximum absolute atomic E-state index is 11.9. The van der Waals surface area contributed by atoms with Crippen LogP contribution in [0.4, 0.5) is 0 Å². The molecule has 3 aromatic rings. The molecule has 0 saturated carbocycles. The first-order valence-electron chi connectivity index (χ1n) is 6.75. The second kappa shape index (κ2) is 5.80. The Labute approximate surface area is 127 Å². The Balaban J connectivity index is 1.69.